The standard InChI is InChI=1S/C20H28N4O3/c21-19(22)17-3-1-15(2-4-17)16-7-11-24(12-8-16)20(27)23-9-5-14(6-10-23)13-18(25)26/h1-4,14,16H,5-13H2,(H3,21,22)(H,25,26). The molecule has 2 aliphatic rings. The van der Waals surface area contributed by atoms with Crippen LogP contribution in [0.25, 0.3) is 0 Å². The number of urea groups is 1. The van der Waals surface area contributed by atoms with E-state index in [-0.39, 0.29) is 24.2 Å². The van der Waals surface area contributed by atoms with Gasteiger partial charge in [0, 0.05) is 38.2 Å². The number of nitrogens with zero attached hydrogens (tertiary/aromatic N) is 2. The molecule has 0 saturated carbocycles. The topological polar surface area (TPSA) is 111 Å². The Morgan fingerprint density at radius 3 is 2.00 bits per heavy atom. The van der Waals surface area contributed by atoms with Crippen molar-refractivity contribution in [3.63, 3.8) is 0 Å². The SMILES string of the molecule is N=C(N)c1ccc(C2CCN(C(=O)N3CCC(CC(=O)O)CC3)CC2)cc1. The first-order valence-electron chi connectivity index (χ1n) is 9.64. The van der Waals surface area contributed by atoms with Crippen LogP contribution in [0.2, 0.25) is 0 Å². The van der Waals surface area contributed by atoms with Crippen molar-refractivity contribution in [2.45, 2.75) is 38.0 Å². The highest BCUT2D eigenvalue weighted by molar-refractivity contribution is 5.94. The zero-order chi connectivity index (χ0) is 19.4. The summed E-state index contributed by atoms with van der Waals surface area (Å²) in [5.41, 5.74) is 7.47. The van der Waals surface area contributed by atoms with Crippen molar-refractivity contribution in [3.8, 4) is 0 Å². The molecule has 2 amide bonds. The van der Waals surface area contributed by atoms with Crippen molar-refractivity contribution < 1.29 is 14.7 Å². The highest BCUT2D eigenvalue weighted by Crippen LogP contribution is 2.29. The Morgan fingerprint density at radius 2 is 1.52 bits per heavy atom. The van der Waals surface area contributed by atoms with Crippen molar-refractivity contribution >= 4 is 17.8 Å². The summed E-state index contributed by atoms with van der Waals surface area (Å²) in [6, 6.07) is 7.93. The number of carboxylic acid groups (broad SMARTS) is 1. The Morgan fingerprint density at radius 1 is 1.00 bits per heavy atom. The predicted molar refractivity (Wildman–Crippen MR) is 103 cm³/mol. The lowest BCUT2D eigenvalue weighted by Gasteiger charge is -2.38. The molecule has 7 nitrogen and oxygen atoms in total. The van der Waals surface area contributed by atoms with Crippen LogP contribution in [0.3, 0.4) is 0 Å². The van der Waals surface area contributed by atoms with Gasteiger partial charge in [-0.25, -0.2) is 4.79 Å². The van der Waals surface area contributed by atoms with Gasteiger partial charge in [-0.2, -0.15) is 0 Å². The number of piperidine rings is 2. The van der Waals surface area contributed by atoms with Crippen LogP contribution in [-0.2, 0) is 4.79 Å². The Bertz CT molecular complexity index is 688. The van der Waals surface area contributed by atoms with Crippen molar-refractivity contribution in [1.29, 1.82) is 5.41 Å². The minimum absolute atomic E-state index is 0.0779. The number of nitrogens with two attached hydrogens (primary N) is 1. The lowest BCUT2D eigenvalue weighted by molar-refractivity contribution is -0.138. The first kappa shape index (κ1) is 19.2. The number of nitrogens with one attached hydrogen (secondary N) is 1. The summed E-state index contributed by atoms with van der Waals surface area (Å²) in [5.74, 6) is -0.0566. The highest BCUT2D eigenvalue weighted by atomic mass is 16.4. The van der Waals surface area contributed by atoms with E-state index in [1.807, 2.05) is 34.1 Å². The van der Waals surface area contributed by atoms with Crippen LogP contribution in [0, 0.1) is 11.3 Å². The molecular formula is C20H28N4O3. The zero-order valence-electron chi connectivity index (χ0n) is 15.6. The lowest BCUT2D eigenvalue weighted by atomic mass is 9.89. The third kappa shape index (κ3) is 4.78. The third-order valence-electron chi connectivity index (χ3n) is 5.81. The van der Waals surface area contributed by atoms with Gasteiger partial charge in [0.05, 0.1) is 0 Å². The van der Waals surface area contributed by atoms with Gasteiger partial charge in [0.1, 0.15) is 5.84 Å². The Kier molecular flexibility index (Phi) is 5.98. The molecule has 2 saturated heterocycles. The van der Waals surface area contributed by atoms with Crippen molar-refractivity contribution in [1.82, 2.24) is 9.80 Å². The van der Waals surface area contributed by atoms with E-state index in [9.17, 15) is 9.59 Å². The van der Waals surface area contributed by atoms with Gasteiger partial charge >= 0.3 is 12.0 Å². The number of nitrogen functional groups attached to an aromatic ring is 1. The molecule has 2 fully saturated rings. The maximum atomic E-state index is 12.7. The molecule has 0 radical (unpaired) electrons. The average molecular weight is 372 g/mol. The van der Waals surface area contributed by atoms with Gasteiger partial charge in [-0.15, -0.1) is 0 Å². The fourth-order valence-electron chi connectivity index (χ4n) is 4.11. The molecule has 2 aliphatic heterocycles. The maximum Gasteiger partial charge on any atom is 0.319 e. The van der Waals surface area contributed by atoms with Crippen LogP contribution in [0.4, 0.5) is 4.79 Å². The molecule has 4 N–H and O–H groups in total. The van der Waals surface area contributed by atoms with Gasteiger partial charge in [-0.1, -0.05) is 24.3 Å². The number of carbonyl (C=O) groups excluding carboxylic acids is 1. The molecular weight excluding hydrogens is 344 g/mol. The van der Waals surface area contributed by atoms with Gasteiger partial charge in [-0.05, 0) is 43.1 Å². The number of likely N-dealkylation sites (tertiary alicyclic amines) is 2. The van der Waals surface area contributed by atoms with Gasteiger partial charge < -0.3 is 20.6 Å². The number of amidine groups is 1. The molecule has 0 aromatic heterocycles. The lowest BCUT2D eigenvalue weighted by Crippen LogP contribution is -2.49. The number of rotatable bonds is 4. The van der Waals surface area contributed by atoms with E-state index < -0.39 is 5.97 Å². The summed E-state index contributed by atoms with van der Waals surface area (Å²) in [6.45, 7) is 2.80. The van der Waals surface area contributed by atoms with E-state index in [0.29, 0.717) is 19.0 Å². The zero-order valence-corrected chi connectivity index (χ0v) is 15.6. The van der Waals surface area contributed by atoms with Gasteiger partial charge in [0.15, 0.2) is 0 Å². The minimum Gasteiger partial charge on any atom is -0.481 e. The summed E-state index contributed by atoms with van der Waals surface area (Å²) in [5, 5.41) is 16.4. The second kappa shape index (κ2) is 8.41. The van der Waals surface area contributed by atoms with E-state index in [2.05, 4.69) is 0 Å². The van der Waals surface area contributed by atoms with Crippen molar-refractivity contribution in [2.75, 3.05) is 26.2 Å². The van der Waals surface area contributed by atoms with Crippen LogP contribution in [0.5, 0.6) is 0 Å². The molecule has 7 heteroatoms. The molecule has 1 aromatic rings. The van der Waals surface area contributed by atoms with E-state index in [4.69, 9.17) is 16.2 Å². The van der Waals surface area contributed by atoms with Crippen LogP contribution in [-0.4, -0.2) is 58.9 Å². The van der Waals surface area contributed by atoms with E-state index in [1.165, 1.54) is 5.56 Å². The molecule has 0 aliphatic carbocycles. The Labute approximate surface area is 159 Å². The molecule has 0 atom stereocenters. The smallest absolute Gasteiger partial charge is 0.319 e. The summed E-state index contributed by atoms with van der Waals surface area (Å²) in [6.07, 6.45) is 3.62. The number of carbonyl (C=O) groups is 2. The molecule has 27 heavy (non-hydrogen) atoms. The molecule has 146 valence electrons. The molecule has 0 unspecified atom stereocenters. The minimum atomic E-state index is -0.752. The predicted octanol–water partition coefficient (Wildman–Crippen LogP) is 2.46. The number of carboxylic acids is 1. The van der Waals surface area contributed by atoms with Crippen LogP contribution >= 0.6 is 0 Å². The van der Waals surface area contributed by atoms with Crippen molar-refractivity contribution in [2.24, 2.45) is 11.7 Å². The quantitative estimate of drug-likeness (QED) is 0.557. The number of hydrogen-bond donors (Lipinski definition) is 3. The van der Waals surface area contributed by atoms with Crippen LogP contribution < -0.4 is 5.73 Å². The number of aliphatic carboxylic acids is 1. The normalized spacial score (nSPS) is 19.1. The van der Waals surface area contributed by atoms with Gasteiger partial charge in [0.25, 0.3) is 0 Å². The summed E-state index contributed by atoms with van der Waals surface area (Å²) < 4.78 is 0. The molecule has 0 bridgehead atoms. The van der Waals surface area contributed by atoms with Gasteiger partial charge in [0.2, 0.25) is 0 Å². The van der Waals surface area contributed by atoms with Crippen molar-refractivity contribution in [3.05, 3.63) is 35.4 Å². The molecule has 0 spiro atoms. The highest BCUT2D eigenvalue weighted by Gasteiger charge is 2.30. The summed E-state index contributed by atoms with van der Waals surface area (Å²) in [7, 11) is 0. The fourth-order valence-corrected chi connectivity index (χ4v) is 4.11. The van der Waals surface area contributed by atoms with Gasteiger partial charge in [-0.3, -0.25) is 10.2 Å². The molecule has 2 heterocycles. The summed E-state index contributed by atoms with van der Waals surface area (Å²) >= 11 is 0. The largest absolute Gasteiger partial charge is 0.481 e. The maximum absolute atomic E-state index is 12.7. The number of hydrogen-bond acceptors (Lipinski definition) is 3. The average Bonchev–Trinajstić information content (AvgIpc) is 2.68. The first-order valence-corrected chi connectivity index (χ1v) is 9.64. The van der Waals surface area contributed by atoms with E-state index in [1.54, 1.807) is 0 Å². The van der Waals surface area contributed by atoms with E-state index in [0.717, 1.165) is 44.3 Å². The Balaban J connectivity index is 1.48. The number of amides is 2. The number of benzene rings is 1. The van der Waals surface area contributed by atoms with Crippen LogP contribution in [0.1, 0.15) is 49.1 Å². The molecule has 1 aromatic carbocycles. The Hall–Kier alpha value is -2.57. The first-order chi connectivity index (χ1) is 12.9. The van der Waals surface area contributed by atoms with Crippen LogP contribution in [0.15, 0.2) is 24.3 Å². The second-order valence-electron chi connectivity index (χ2n) is 7.61. The van der Waals surface area contributed by atoms with E-state index >= 15 is 0 Å². The summed E-state index contributed by atoms with van der Waals surface area (Å²) in [4.78, 5) is 27.4. The second-order valence-corrected chi connectivity index (χ2v) is 7.61. The monoisotopic (exact) mass is 372 g/mol. The fraction of sp³-hybridized carbons (Fsp3) is 0.550. The third-order valence-corrected chi connectivity index (χ3v) is 5.81. The molecule has 3 rings (SSSR count).